The van der Waals surface area contributed by atoms with Gasteiger partial charge in [-0.15, -0.1) is 10.2 Å². The summed E-state index contributed by atoms with van der Waals surface area (Å²) in [5.74, 6) is 0.597. The summed E-state index contributed by atoms with van der Waals surface area (Å²) in [5, 5.41) is 7.72. The fourth-order valence-electron chi connectivity index (χ4n) is 5.92. The number of ether oxygens (including phenoxy) is 1. The molecule has 0 radical (unpaired) electrons. The van der Waals surface area contributed by atoms with Crippen LogP contribution in [-0.4, -0.2) is 73.0 Å². The first-order valence-electron chi connectivity index (χ1n) is 14.7. The van der Waals surface area contributed by atoms with Crippen LogP contribution in [0.5, 0.6) is 0 Å². The van der Waals surface area contributed by atoms with Crippen LogP contribution in [-0.2, 0) is 23.4 Å². The standard InChI is InChI=1S/C30H35F3N8O3/c1-18-8-7-13-39(18)24-14-19-20(22(36-24)16-38(5)27(43)44-28(2,3)4)15-40(26(19)42)23-10-6-9-21(35-23)25-37-34-17-41(25)29(11-12-29)30(31,32)33/h6,9-10,14,17-18H,7-8,11-13,15-16H2,1-5H3/t18-/m1/s1. The zero-order chi connectivity index (χ0) is 31.6. The van der Waals surface area contributed by atoms with E-state index in [-0.39, 0.29) is 55.2 Å². The summed E-state index contributed by atoms with van der Waals surface area (Å²) < 4.78 is 48.3. The third kappa shape index (κ3) is 5.23. The van der Waals surface area contributed by atoms with E-state index in [2.05, 4.69) is 27.0 Å². The first-order chi connectivity index (χ1) is 20.7. The number of anilines is 2. The molecule has 1 saturated heterocycles. The van der Waals surface area contributed by atoms with Crippen molar-refractivity contribution < 1.29 is 27.5 Å². The number of alkyl halides is 3. The molecular weight excluding hydrogens is 577 g/mol. The first kappa shape index (κ1) is 29.8. The number of pyridine rings is 2. The van der Waals surface area contributed by atoms with Gasteiger partial charge in [-0.25, -0.2) is 14.8 Å². The molecule has 11 nitrogen and oxygen atoms in total. The highest BCUT2D eigenvalue weighted by Crippen LogP contribution is 2.56. The van der Waals surface area contributed by atoms with Crippen LogP contribution in [0, 0.1) is 0 Å². The van der Waals surface area contributed by atoms with Crippen molar-refractivity contribution in [1.82, 2.24) is 29.6 Å². The lowest BCUT2D eigenvalue weighted by Gasteiger charge is -2.26. The topological polar surface area (TPSA) is 110 Å². The minimum Gasteiger partial charge on any atom is -0.444 e. The number of rotatable bonds is 6. The Morgan fingerprint density at radius 1 is 1.16 bits per heavy atom. The van der Waals surface area contributed by atoms with Crippen molar-refractivity contribution >= 4 is 23.6 Å². The summed E-state index contributed by atoms with van der Waals surface area (Å²) in [6.07, 6.45) is -2.01. The molecule has 1 atom stereocenters. The van der Waals surface area contributed by atoms with Gasteiger partial charge in [0.25, 0.3) is 5.91 Å². The average molecular weight is 613 g/mol. The molecule has 234 valence electrons. The Balaban J connectivity index is 1.34. The molecule has 3 aromatic rings. The number of hydrogen-bond acceptors (Lipinski definition) is 8. The average Bonchev–Trinajstić information content (AvgIpc) is 3.25. The van der Waals surface area contributed by atoms with Crippen LogP contribution in [0.15, 0.2) is 30.6 Å². The zero-order valence-corrected chi connectivity index (χ0v) is 25.4. The minimum absolute atomic E-state index is 0.0162. The molecule has 0 spiro atoms. The number of nitrogens with zero attached hydrogens (tertiary/aromatic N) is 8. The van der Waals surface area contributed by atoms with Gasteiger partial charge in [0.15, 0.2) is 5.82 Å². The molecular formula is C30H35F3N8O3. The third-order valence-corrected chi connectivity index (χ3v) is 8.43. The Labute approximate surface area is 253 Å². The maximum atomic E-state index is 13.9. The number of halogens is 3. The van der Waals surface area contributed by atoms with Crippen LogP contribution >= 0.6 is 0 Å². The van der Waals surface area contributed by atoms with E-state index in [1.165, 1.54) is 9.80 Å². The van der Waals surface area contributed by atoms with E-state index in [4.69, 9.17) is 9.72 Å². The van der Waals surface area contributed by atoms with Crippen LogP contribution in [0.1, 0.15) is 75.0 Å². The van der Waals surface area contributed by atoms with E-state index in [9.17, 15) is 22.8 Å². The first-order valence-corrected chi connectivity index (χ1v) is 14.7. The lowest BCUT2D eigenvalue weighted by molar-refractivity contribution is -0.179. The molecule has 6 rings (SSSR count). The maximum Gasteiger partial charge on any atom is 0.412 e. The molecule has 5 heterocycles. The summed E-state index contributed by atoms with van der Waals surface area (Å²) in [4.78, 5) is 41.3. The highest BCUT2D eigenvalue weighted by Gasteiger charge is 2.65. The Bertz CT molecular complexity index is 1610. The second kappa shape index (κ2) is 10.4. The molecule has 44 heavy (non-hydrogen) atoms. The normalized spacial score (nSPS) is 19.4. The van der Waals surface area contributed by atoms with Crippen molar-refractivity contribution in [3.05, 3.63) is 47.4 Å². The van der Waals surface area contributed by atoms with E-state index in [0.717, 1.165) is 30.3 Å². The van der Waals surface area contributed by atoms with Gasteiger partial charge in [0.1, 0.15) is 34.8 Å². The van der Waals surface area contributed by atoms with E-state index >= 15 is 0 Å². The number of carbonyl (C=O) groups is 2. The van der Waals surface area contributed by atoms with E-state index < -0.39 is 23.4 Å². The van der Waals surface area contributed by atoms with E-state index in [1.807, 2.05) is 0 Å². The van der Waals surface area contributed by atoms with Crippen LogP contribution in [0.2, 0.25) is 0 Å². The molecule has 2 fully saturated rings. The van der Waals surface area contributed by atoms with Gasteiger partial charge in [-0.1, -0.05) is 6.07 Å². The predicted octanol–water partition coefficient (Wildman–Crippen LogP) is 5.30. The molecule has 2 amide bonds. The number of fused-ring (bicyclic) bond motifs is 1. The second-order valence-corrected chi connectivity index (χ2v) is 12.8. The Kier molecular flexibility index (Phi) is 7.08. The third-order valence-electron chi connectivity index (χ3n) is 8.43. The molecule has 2 aliphatic heterocycles. The van der Waals surface area contributed by atoms with Crippen LogP contribution in [0.25, 0.3) is 11.5 Å². The van der Waals surface area contributed by atoms with Crippen molar-refractivity contribution in [3.63, 3.8) is 0 Å². The van der Waals surface area contributed by atoms with Crippen molar-refractivity contribution in [1.29, 1.82) is 0 Å². The summed E-state index contributed by atoms with van der Waals surface area (Å²) in [7, 11) is 1.62. The van der Waals surface area contributed by atoms with Crippen molar-refractivity contribution in [2.24, 2.45) is 0 Å². The van der Waals surface area contributed by atoms with Gasteiger partial charge in [-0.2, -0.15) is 13.2 Å². The fourth-order valence-corrected chi connectivity index (χ4v) is 5.92. The Morgan fingerprint density at radius 3 is 2.55 bits per heavy atom. The molecule has 3 aliphatic rings. The predicted molar refractivity (Wildman–Crippen MR) is 155 cm³/mol. The van der Waals surface area contributed by atoms with Crippen molar-refractivity contribution in [3.8, 4) is 11.5 Å². The molecule has 0 aromatic carbocycles. The Hall–Kier alpha value is -4.23. The fraction of sp³-hybridized carbons (Fsp3) is 0.533. The SMILES string of the molecule is C[C@@H]1CCCN1c1cc2c(c(CN(C)C(=O)OC(C)(C)C)n1)CN(c1cccc(-c3nncn3C3(C(F)(F)F)CC3)n1)C2=O. The lowest BCUT2D eigenvalue weighted by Crippen LogP contribution is -2.35. The van der Waals surface area contributed by atoms with Crippen LogP contribution < -0.4 is 9.80 Å². The zero-order valence-electron chi connectivity index (χ0n) is 25.4. The van der Waals surface area contributed by atoms with Gasteiger partial charge in [0.2, 0.25) is 0 Å². The van der Waals surface area contributed by atoms with Gasteiger partial charge in [-0.3, -0.25) is 14.3 Å². The summed E-state index contributed by atoms with van der Waals surface area (Å²) in [6.45, 7) is 8.53. The molecule has 0 N–H and O–H groups in total. The number of amides is 2. The quantitative estimate of drug-likeness (QED) is 0.369. The molecule has 1 aliphatic carbocycles. The smallest absolute Gasteiger partial charge is 0.412 e. The highest BCUT2D eigenvalue weighted by molar-refractivity contribution is 6.10. The monoisotopic (exact) mass is 612 g/mol. The van der Waals surface area contributed by atoms with E-state index in [0.29, 0.717) is 22.6 Å². The maximum absolute atomic E-state index is 13.9. The van der Waals surface area contributed by atoms with Crippen molar-refractivity contribution in [2.75, 3.05) is 23.4 Å². The summed E-state index contributed by atoms with van der Waals surface area (Å²) in [5.41, 5.74) is -0.879. The highest BCUT2D eigenvalue weighted by atomic mass is 19.4. The van der Waals surface area contributed by atoms with Gasteiger partial charge in [0.05, 0.1) is 24.3 Å². The molecule has 0 bridgehead atoms. The number of aromatic nitrogens is 5. The largest absolute Gasteiger partial charge is 0.444 e. The lowest BCUT2D eigenvalue weighted by atomic mass is 10.1. The number of carbonyl (C=O) groups excluding carboxylic acids is 2. The number of hydrogen-bond donors (Lipinski definition) is 0. The minimum atomic E-state index is -4.46. The summed E-state index contributed by atoms with van der Waals surface area (Å²) in [6, 6.07) is 6.85. The van der Waals surface area contributed by atoms with Gasteiger partial charge in [-0.05, 0) is 71.6 Å². The van der Waals surface area contributed by atoms with Crippen molar-refractivity contribution in [2.45, 2.75) is 89.8 Å². The van der Waals surface area contributed by atoms with Crippen LogP contribution in [0.3, 0.4) is 0 Å². The second-order valence-electron chi connectivity index (χ2n) is 12.8. The summed E-state index contributed by atoms with van der Waals surface area (Å²) >= 11 is 0. The van der Waals surface area contributed by atoms with Gasteiger partial charge in [0, 0.05) is 25.2 Å². The van der Waals surface area contributed by atoms with E-state index in [1.54, 1.807) is 52.1 Å². The molecule has 1 saturated carbocycles. The molecule has 0 unspecified atom stereocenters. The molecule has 3 aromatic heterocycles. The van der Waals surface area contributed by atoms with Gasteiger partial charge >= 0.3 is 12.3 Å². The van der Waals surface area contributed by atoms with Crippen LogP contribution in [0.4, 0.5) is 29.6 Å². The Morgan fingerprint density at radius 2 is 1.91 bits per heavy atom. The van der Waals surface area contributed by atoms with Gasteiger partial charge < -0.3 is 14.5 Å². The molecule has 14 heteroatoms.